The van der Waals surface area contributed by atoms with E-state index >= 15 is 0 Å². The fourth-order valence-corrected chi connectivity index (χ4v) is 2.19. The van der Waals surface area contributed by atoms with Crippen LogP contribution in [0.4, 0.5) is 5.82 Å². The predicted octanol–water partition coefficient (Wildman–Crippen LogP) is 2.83. The van der Waals surface area contributed by atoms with Crippen LogP contribution in [-0.2, 0) is 11.2 Å². The minimum Gasteiger partial charge on any atom is -0.464 e. The largest absolute Gasteiger partial charge is 0.464 e. The van der Waals surface area contributed by atoms with Gasteiger partial charge in [-0.3, -0.25) is 0 Å². The first-order valence-electron chi connectivity index (χ1n) is 6.84. The van der Waals surface area contributed by atoms with Gasteiger partial charge in [0.25, 0.3) is 0 Å². The maximum atomic E-state index is 12.0. The molecule has 21 heavy (non-hydrogen) atoms. The molecule has 0 aliphatic rings. The lowest BCUT2D eigenvalue weighted by Crippen LogP contribution is -2.14. The van der Waals surface area contributed by atoms with Gasteiger partial charge >= 0.3 is 5.97 Å². The SMILES string of the molecule is COC(=O)c1nn(-c2ccccc2)c(N)c1CC(C)(C)C. The molecular weight excluding hydrogens is 266 g/mol. The number of anilines is 1. The Bertz CT molecular complexity index is 640. The van der Waals surface area contributed by atoms with Crippen LogP contribution in [0.15, 0.2) is 30.3 Å². The van der Waals surface area contributed by atoms with Crippen LogP contribution < -0.4 is 5.73 Å². The number of nitrogens with zero attached hydrogens (tertiary/aromatic N) is 2. The Labute approximate surface area is 124 Å². The van der Waals surface area contributed by atoms with Crippen LogP contribution >= 0.6 is 0 Å². The summed E-state index contributed by atoms with van der Waals surface area (Å²) >= 11 is 0. The molecule has 5 nitrogen and oxygen atoms in total. The third-order valence-electron chi connectivity index (χ3n) is 3.11. The van der Waals surface area contributed by atoms with E-state index in [1.165, 1.54) is 7.11 Å². The van der Waals surface area contributed by atoms with E-state index in [1.54, 1.807) is 4.68 Å². The summed E-state index contributed by atoms with van der Waals surface area (Å²) in [6.45, 7) is 6.27. The second-order valence-electron chi connectivity index (χ2n) is 6.19. The van der Waals surface area contributed by atoms with Crippen molar-refractivity contribution < 1.29 is 9.53 Å². The highest BCUT2D eigenvalue weighted by Crippen LogP contribution is 2.29. The van der Waals surface area contributed by atoms with Crippen LogP contribution in [0.25, 0.3) is 5.69 Å². The molecule has 0 atom stereocenters. The number of hydrogen-bond acceptors (Lipinski definition) is 4. The predicted molar refractivity (Wildman–Crippen MR) is 82.5 cm³/mol. The molecule has 0 saturated carbocycles. The lowest BCUT2D eigenvalue weighted by molar-refractivity contribution is 0.0592. The molecule has 2 aromatic rings. The van der Waals surface area contributed by atoms with Crippen molar-refractivity contribution in [1.82, 2.24) is 9.78 Å². The highest BCUT2D eigenvalue weighted by molar-refractivity contribution is 5.90. The van der Waals surface area contributed by atoms with E-state index in [9.17, 15) is 4.79 Å². The molecule has 0 fully saturated rings. The van der Waals surface area contributed by atoms with Gasteiger partial charge in [-0.25, -0.2) is 9.48 Å². The Balaban J connectivity index is 2.57. The fraction of sp³-hybridized carbons (Fsp3) is 0.375. The van der Waals surface area contributed by atoms with E-state index in [-0.39, 0.29) is 11.1 Å². The number of carbonyl (C=O) groups is 1. The van der Waals surface area contributed by atoms with Crippen molar-refractivity contribution in [2.24, 2.45) is 5.41 Å². The molecule has 0 unspecified atom stereocenters. The van der Waals surface area contributed by atoms with Gasteiger partial charge in [0.2, 0.25) is 0 Å². The monoisotopic (exact) mass is 287 g/mol. The third kappa shape index (κ3) is 3.24. The number of nitrogen functional groups attached to an aromatic ring is 1. The Morgan fingerprint density at radius 2 is 1.90 bits per heavy atom. The van der Waals surface area contributed by atoms with Gasteiger partial charge in [0.15, 0.2) is 5.69 Å². The lowest BCUT2D eigenvalue weighted by atomic mass is 9.88. The first-order valence-corrected chi connectivity index (χ1v) is 6.84. The van der Waals surface area contributed by atoms with Crippen molar-refractivity contribution in [2.75, 3.05) is 12.8 Å². The summed E-state index contributed by atoms with van der Waals surface area (Å²) in [5, 5.41) is 4.35. The number of ether oxygens (including phenoxy) is 1. The van der Waals surface area contributed by atoms with E-state index < -0.39 is 5.97 Å². The number of para-hydroxylation sites is 1. The maximum absolute atomic E-state index is 12.0. The number of aromatic nitrogens is 2. The second kappa shape index (κ2) is 5.60. The molecule has 2 N–H and O–H groups in total. The number of benzene rings is 1. The van der Waals surface area contributed by atoms with Crippen molar-refractivity contribution in [3.05, 3.63) is 41.6 Å². The average molecular weight is 287 g/mol. The summed E-state index contributed by atoms with van der Waals surface area (Å²) in [6, 6.07) is 9.51. The van der Waals surface area contributed by atoms with Gasteiger partial charge in [0.1, 0.15) is 5.82 Å². The van der Waals surface area contributed by atoms with Crippen LogP contribution in [0.2, 0.25) is 0 Å². The van der Waals surface area contributed by atoms with E-state index in [1.807, 2.05) is 30.3 Å². The Morgan fingerprint density at radius 3 is 2.43 bits per heavy atom. The van der Waals surface area contributed by atoms with Gasteiger partial charge in [-0.15, -0.1) is 0 Å². The van der Waals surface area contributed by atoms with Gasteiger partial charge in [-0.2, -0.15) is 5.10 Å². The quantitative estimate of drug-likeness (QED) is 0.881. The van der Waals surface area contributed by atoms with Gasteiger partial charge in [0, 0.05) is 5.56 Å². The summed E-state index contributed by atoms with van der Waals surface area (Å²) in [6.07, 6.45) is 0.649. The zero-order valence-corrected chi connectivity index (χ0v) is 12.9. The molecule has 5 heteroatoms. The Morgan fingerprint density at radius 1 is 1.29 bits per heavy atom. The van der Waals surface area contributed by atoms with E-state index in [4.69, 9.17) is 10.5 Å². The molecule has 0 spiro atoms. The topological polar surface area (TPSA) is 70.1 Å². The van der Waals surface area contributed by atoms with Gasteiger partial charge < -0.3 is 10.5 Å². The Kier molecular flexibility index (Phi) is 4.02. The smallest absolute Gasteiger partial charge is 0.358 e. The van der Waals surface area contributed by atoms with Crippen LogP contribution in [0.1, 0.15) is 36.8 Å². The molecule has 0 saturated heterocycles. The lowest BCUT2D eigenvalue weighted by Gasteiger charge is -2.18. The maximum Gasteiger partial charge on any atom is 0.358 e. The van der Waals surface area contributed by atoms with Crippen LogP contribution in [0.3, 0.4) is 0 Å². The van der Waals surface area contributed by atoms with Crippen LogP contribution in [0, 0.1) is 5.41 Å². The van der Waals surface area contributed by atoms with Gasteiger partial charge in [-0.05, 0) is 24.0 Å². The summed E-state index contributed by atoms with van der Waals surface area (Å²) in [4.78, 5) is 12.0. The standard InChI is InChI=1S/C16H21N3O2/c1-16(2,3)10-12-13(15(20)21-4)18-19(14(12)17)11-8-6-5-7-9-11/h5-9H,10,17H2,1-4H3. The molecular formula is C16H21N3O2. The molecule has 0 aliphatic carbocycles. The van der Waals surface area contributed by atoms with Crippen molar-refractivity contribution in [1.29, 1.82) is 0 Å². The van der Waals surface area contributed by atoms with Crippen molar-refractivity contribution in [3.8, 4) is 5.69 Å². The van der Waals surface area contributed by atoms with Crippen molar-refractivity contribution in [3.63, 3.8) is 0 Å². The molecule has 1 aromatic carbocycles. The van der Waals surface area contributed by atoms with Crippen molar-refractivity contribution >= 4 is 11.8 Å². The minimum absolute atomic E-state index is 0.0125. The normalized spacial score (nSPS) is 11.4. The van der Waals surface area contributed by atoms with E-state index in [2.05, 4.69) is 25.9 Å². The van der Waals surface area contributed by atoms with Gasteiger partial charge in [-0.1, -0.05) is 39.0 Å². The van der Waals surface area contributed by atoms with Crippen LogP contribution in [-0.4, -0.2) is 22.9 Å². The zero-order valence-electron chi connectivity index (χ0n) is 12.9. The summed E-state index contributed by atoms with van der Waals surface area (Å²) in [5.74, 6) is 0.0205. The van der Waals surface area contributed by atoms with Crippen LogP contribution in [0.5, 0.6) is 0 Å². The third-order valence-corrected chi connectivity index (χ3v) is 3.11. The number of nitrogens with two attached hydrogens (primary N) is 1. The molecule has 0 aliphatic heterocycles. The summed E-state index contributed by atoms with van der Waals surface area (Å²) in [5.41, 5.74) is 8.06. The second-order valence-corrected chi connectivity index (χ2v) is 6.19. The number of rotatable bonds is 3. The van der Waals surface area contributed by atoms with Crippen molar-refractivity contribution in [2.45, 2.75) is 27.2 Å². The summed E-state index contributed by atoms with van der Waals surface area (Å²) < 4.78 is 6.42. The first-order chi connectivity index (χ1) is 9.83. The highest BCUT2D eigenvalue weighted by atomic mass is 16.5. The molecule has 0 bridgehead atoms. The number of carbonyl (C=O) groups excluding carboxylic acids is 1. The van der Waals surface area contributed by atoms with E-state index in [0.717, 1.165) is 11.3 Å². The van der Waals surface area contributed by atoms with Gasteiger partial charge in [0.05, 0.1) is 12.8 Å². The average Bonchev–Trinajstić information content (AvgIpc) is 2.75. The first kappa shape index (κ1) is 15.1. The molecule has 1 aromatic heterocycles. The number of hydrogen-bond donors (Lipinski definition) is 1. The molecule has 112 valence electrons. The highest BCUT2D eigenvalue weighted by Gasteiger charge is 2.26. The minimum atomic E-state index is -0.462. The molecule has 1 heterocycles. The summed E-state index contributed by atoms with van der Waals surface area (Å²) in [7, 11) is 1.35. The Hall–Kier alpha value is -2.30. The molecule has 0 amide bonds. The zero-order chi connectivity index (χ0) is 15.6. The number of methoxy groups -OCH3 is 1. The molecule has 2 rings (SSSR count). The molecule has 0 radical (unpaired) electrons. The number of esters is 1. The fourth-order valence-electron chi connectivity index (χ4n) is 2.19. The van der Waals surface area contributed by atoms with E-state index in [0.29, 0.717) is 12.2 Å².